The first-order chi connectivity index (χ1) is 8.83. The second kappa shape index (κ2) is 5.04. The minimum absolute atomic E-state index is 0.786. The number of nitrogens with one attached hydrogen (secondary N) is 1. The molecule has 0 saturated carbocycles. The average Bonchev–Trinajstić information content (AvgIpc) is 2.79. The van der Waals surface area contributed by atoms with Crippen LogP contribution in [0.25, 0.3) is 0 Å². The molecule has 3 nitrogen and oxygen atoms in total. The number of hydrogen-bond acceptors (Lipinski definition) is 2. The number of aromatic nitrogens is 2. The van der Waals surface area contributed by atoms with Crippen molar-refractivity contribution in [1.82, 2.24) is 15.1 Å². The molecule has 0 unspecified atom stereocenters. The van der Waals surface area contributed by atoms with E-state index in [0.717, 1.165) is 18.4 Å². The van der Waals surface area contributed by atoms with E-state index >= 15 is 0 Å². The average molecular weight is 247 g/mol. The number of H-pyrrole nitrogens is 1. The molecule has 0 spiro atoms. The topological polar surface area (TPSA) is 31.9 Å². The van der Waals surface area contributed by atoms with E-state index in [0.29, 0.717) is 0 Å². The molecule has 2 heterocycles. The smallest absolute Gasteiger partial charge is 0.0654 e. The summed E-state index contributed by atoms with van der Waals surface area (Å²) in [6, 6.07) is 0.786. The second-order valence-electron chi connectivity index (χ2n) is 5.89. The molecule has 18 heavy (non-hydrogen) atoms. The quantitative estimate of drug-likeness (QED) is 0.890. The van der Waals surface area contributed by atoms with E-state index < -0.39 is 0 Å². The van der Waals surface area contributed by atoms with Crippen molar-refractivity contribution in [2.24, 2.45) is 5.92 Å². The van der Waals surface area contributed by atoms with Crippen LogP contribution in [0.3, 0.4) is 0 Å². The molecule has 2 aliphatic rings. The van der Waals surface area contributed by atoms with E-state index in [2.05, 4.69) is 28.9 Å². The van der Waals surface area contributed by atoms with Crippen molar-refractivity contribution in [2.45, 2.75) is 58.4 Å². The lowest BCUT2D eigenvalue weighted by atomic mass is 9.77. The van der Waals surface area contributed by atoms with Gasteiger partial charge in [0.2, 0.25) is 0 Å². The molecule has 100 valence electrons. The molecule has 3 heteroatoms. The number of hydrogen-bond donors (Lipinski definition) is 1. The molecule has 2 atom stereocenters. The highest BCUT2D eigenvalue weighted by Gasteiger charge is 2.36. The van der Waals surface area contributed by atoms with Gasteiger partial charge >= 0.3 is 0 Å². The summed E-state index contributed by atoms with van der Waals surface area (Å²) in [4.78, 5) is 2.74. The first-order valence-electron chi connectivity index (χ1n) is 7.62. The molecule has 0 bridgehead atoms. The predicted octanol–water partition coefficient (Wildman–Crippen LogP) is 2.56. The third-order valence-electron chi connectivity index (χ3n) is 4.80. The minimum Gasteiger partial charge on any atom is -0.300 e. The number of nitrogens with zero attached hydrogens (tertiary/aromatic N) is 2. The maximum Gasteiger partial charge on any atom is 0.0654 e. The van der Waals surface area contributed by atoms with Crippen LogP contribution in [0.2, 0.25) is 0 Å². The van der Waals surface area contributed by atoms with Gasteiger partial charge in [0.25, 0.3) is 0 Å². The Morgan fingerprint density at radius 2 is 2.22 bits per heavy atom. The fraction of sp³-hybridized carbons (Fsp3) is 0.800. The molecule has 0 amide bonds. The molecule has 1 aliphatic heterocycles. The van der Waals surface area contributed by atoms with Crippen molar-refractivity contribution in [1.29, 1.82) is 0 Å². The van der Waals surface area contributed by atoms with Crippen LogP contribution in [-0.4, -0.2) is 34.2 Å². The molecule has 0 radical (unpaired) electrons. The number of piperidine rings is 1. The maximum atomic E-state index is 4.50. The zero-order chi connectivity index (χ0) is 12.5. The van der Waals surface area contributed by atoms with Gasteiger partial charge in [0.1, 0.15) is 0 Å². The molecule has 1 aromatic heterocycles. The van der Waals surface area contributed by atoms with Crippen molar-refractivity contribution in [3.05, 3.63) is 17.0 Å². The Balaban J connectivity index is 1.85. The third kappa shape index (κ3) is 1.99. The molecule has 3 rings (SSSR count). The Hall–Kier alpha value is -0.830. The lowest BCUT2D eigenvalue weighted by molar-refractivity contribution is 0.0848. The van der Waals surface area contributed by atoms with Gasteiger partial charge in [0.05, 0.1) is 5.69 Å². The summed E-state index contributed by atoms with van der Waals surface area (Å²) in [7, 11) is 0. The normalized spacial score (nSPS) is 27.9. The van der Waals surface area contributed by atoms with Crippen molar-refractivity contribution in [2.75, 3.05) is 13.1 Å². The number of aromatic amines is 1. The minimum atomic E-state index is 0.786. The fourth-order valence-corrected chi connectivity index (χ4v) is 3.93. The zero-order valence-corrected chi connectivity index (χ0v) is 11.7. The molecular formula is C15H25N3. The highest BCUT2D eigenvalue weighted by atomic mass is 15.2. The van der Waals surface area contributed by atoms with Crippen LogP contribution < -0.4 is 0 Å². The van der Waals surface area contributed by atoms with Crippen LogP contribution in [0.4, 0.5) is 0 Å². The van der Waals surface area contributed by atoms with Gasteiger partial charge in [0.15, 0.2) is 0 Å². The Kier molecular flexibility index (Phi) is 3.42. The van der Waals surface area contributed by atoms with Crippen LogP contribution in [0.1, 0.15) is 50.1 Å². The van der Waals surface area contributed by atoms with Gasteiger partial charge in [-0.05, 0) is 63.1 Å². The van der Waals surface area contributed by atoms with Gasteiger partial charge in [-0.3, -0.25) is 10.00 Å². The van der Waals surface area contributed by atoms with Crippen molar-refractivity contribution in [3.63, 3.8) is 0 Å². The van der Waals surface area contributed by atoms with Gasteiger partial charge in [0, 0.05) is 11.7 Å². The SMILES string of the molecule is CCCN1CCC[C@@H]2Cc3[nH]nc(CC)c3C[C@H]21. The lowest BCUT2D eigenvalue weighted by Crippen LogP contribution is -2.49. The van der Waals surface area contributed by atoms with Crippen LogP contribution in [0.15, 0.2) is 0 Å². The van der Waals surface area contributed by atoms with Gasteiger partial charge in [-0.2, -0.15) is 5.10 Å². The summed E-state index contributed by atoms with van der Waals surface area (Å²) in [5.74, 6) is 0.864. The van der Waals surface area contributed by atoms with Crippen molar-refractivity contribution >= 4 is 0 Å². The molecule has 1 aromatic rings. The fourth-order valence-electron chi connectivity index (χ4n) is 3.93. The largest absolute Gasteiger partial charge is 0.300 e. The van der Waals surface area contributed by atoms with Gasteiger partial charge in [-0.25, -0.2) is 0 Å². The summed E-state index contributed by atoms with van der Waals surface area (Å²) in [6.07, 6.45) is 7.60. The summed E-state index contributed by atoms with van der Waals surface area (Å²) in [5.41, 5.74) is 4.29. The van der Waals surface area contributed by atoms with Gasteiger partial charge < -0.3 is 0 Å². The maximum absolute atomic E-state index is 4.50. The summed E-state index contributed by atoms with van der Waals surface area (Å²) < 4.78 is 0. The molecule has 0 aromatic carbocycles. The Morgan fingerprint density at radius 1 is 1.33 bits per heavy atom. The summed E-state index contributed by atoms with van der Waals surface area (Å²) >= 11 is 0. The number of fused-ring (bicyclic) bond motifs is 2. The molecule has 1 fully saturated rings. The molecular weight excluding hydrogens is 222 g/mol. The van der Waals surface area contributed by atoms with E-state index in [1.807, 2.05) is 0 Å². The first-order valence-corrected chi connectivity index (χ1v) is 7.62. The number of rotatable bonds is 3. The highest BCUT2D eigenvalue weighted by Crippen LogP contribution is 2.35. The molecule has 1 N–H and O–H groups in total. The van der Waals surface area contributed by atoms with Crippen molar-refractivity contribution in [3.8, 4) is 0 Å². The lowest BCUT2D eigenvalue weighted by Gasteiger charge is -2.44. The van der Waals surface area contributed by atoms with E-state index in [1.54, 1.807) is 5.56 Å². The highest BCUT2D eigenvalue weighted by molar-refractivity contribution is 5.30. The zero-order valence-electron chi connectivity index (χ0n) is 11.7. The van der Waals surface area contributed by atoms with Crippen LogP contribution in [0.5, 0.6) is 0 Å². The summed E-state index contributed by atoms with van der Waals surface area (Å²) in [6.45, 7) is 7.10. The number of aryl methyl sites for hydroxylation is 1. The standard InChI is InChI=1S/C15H25N3/c1-3-7-18-8-5-6-11-9-14-12(10-15(11)18)13(4-2)16-17-14/h11,15H,3-10H2,1-2H3,(H,16,17)/t11-,15-/m1/s1. The predicted molar refractivity (Wildman–Crippen MR) is 73.7 cm³/mol. The van der Waals surface area contributed by atoms with E-state index in [1.165, 1.54) is 56.6 Å². The van der Waals surface area contributed by atoms with E-state index in [9.17, 15) is 0 Å². The number of likely N-dealkylation sites (tertiary alicyclic amines) is 1. The monoisotopic (exact) mass is 247 g/mol. The van der Waals surface area contributed by atoms with Crippen LogP contribution in [0, 0.1) is 5.92 Å². The Morgan fingerprint density at radius 3 is 3.00 bits per heavy atom. The van der Waals surface area contributed by atoms with Crippen LogP contribution >= 0.6 is 0 Å². The van der Waals surface area contributed by atoms with Crippen LogP contribution in [-0.2, 0) is 19.3 Å². The Labute approximate surface area is 110 Å². The van der Waals surface area contributed by atoms with Crippen molar-refractivity contribution < 1.29 is 0 Å². The Bertz CT molecular complexity index is 408. The van der Waals surface area contributed by atoms with E-state index in [-0.39, 0.29) is 0 Å². The molecule has 1 aliphatic carbocycles. The van der Waals surface area contributed by atoms with E-state index in [4.69, 9.17) is 0 Å². The third-order valence-corrected chi connectivity index (χ3v) is 4.80. The second-order valence-corrected chi connectivity index (χ2v) is 5.89. The molecule has 1 saturated heterocycles. The first kappa shape index (κ1) is 12.2. The van der Waals surface area contributed by atoms with Gasteiger partial charge in [-0.1, -0.05) is 13.8 Å². The van der Waals surface area contributed by atoms with Gasteiger partial charge in [-0.15, -0.1) is 0 Å². The summed E-state index contributed by atoms with van der Waals surface area (Å²) in [5, 5.41) is 7.79.